The van der Waals surface area contributed by atoms with Gasteiger partial charge in [-0.05, 0) is 24.1 Å². The number of nitrogens with two attached hydrogens (primary N) is 1. The van der Waals surface area contributed by atoms with Crippen LogP contribution in [0.4, 0.5) is 0 Å². The standard InChI is InChI=1S/C21H22BrN3O3/c1-3-4-15-11-17-19(21(26)25(15)9-10-27-2)18(16(12-23)20(24)28-17)13-5-7-14(22)8-6-13/h5-8,11,18H,3-4,9-10,24H2,1-2H3. The van der Waals surface area contributed by atoms with Gasteiger partial charge in [-0.25, -0.2) is 0 Å². The summed E-state index contributed by atoms with van der Waals surface area (Å²) < 4.78 is 13.5. The quantitative estimate of drug-likeness (QED) is 0.738. The highest BCUT2D eigenvalue weighted by Crippen LogP contribution is 2.40. The Bertz CT molecular complexity index is 1000. The topological polar surface area (TPSA) is 90.3 Å². The SMILES string of the molecule is CCCc1cc2c(c(=O)n1CCOC)C(c1ccc(Br)cc1)C(C#N)=C(N)O2. The third-order valence-electron chi connectivity index (χ3n) is 4.80. The molecule has 1 aliphatic rings. The van der Waals surface area contributed by atoms with Gasteiger partial charge >= 0.3 is 0 Å². The first-order valence-electron chi connectivity index (χ1n) is 9.10. The number of ether oxygens (including phenoxy) is 2. The van der Waals surface area contributed by atoms with Crippen LogP contribution >= 0.6 is 15.9 Å². The molecule has 2 heterocycles. The van der Waals surface area contributed by atoms with Crippen LogP contribution in [0.1, 0.15) is 36.1 Å². The minimum Gasteiger partial charge on any atom is -0.440 e. The number of benzene rings is 1. The van der Waals surface area contributed by atoms with Gasteiger partial charge in [-0.15, -0.1) is 0 Å². The molecular formula is C21H22BrN3O3. The van der Waals surface area contributed by atoms with Crippen molar-refractivity contribution < 1.29 is 9.47 Å². The molecule has 3 rings (SSSR count). The number of nitriles is 1. The summed E-state index contributed by atoms with van der Waals surface area (Å²) in [7, 11) is 1.61. The van der Waals surface area contributed by atoms with E-state index in [1.165, 1.54) is 0 Å². The number of aryl methyl sites for hydroxylation is 1. The lowest BCUT2D eigenvalue weighted by Gasteiger charge is -2.28. The second kappa shape index (κ2) is 8.63. The average Bonchev–Trinajstić information content (AvgIpc) is 2.67. The number of pyridine rings is 1. The van der Waals surface area contributed by atoms with E-state index in [1.807, 2.05) is 30.3 Å². The van der Waals surface area contributed by atoms with Crippen LogP contribution in [-0.2, 0) is 17.7 Å². The van der Waals surface area contributed by atoms with E-state index in [2.05, 4.69) is 28.9 Å². The summed E-state index contributed by atoms with van der Waals surface area (Å²) in [6, 6.07) is 11.5. The smallest absolute Gasteiger partial charge is 0.258 e. The molecule has 0 bridgehead atoms. The molecule has 0 saturated carbocycles. The molecule has 1 unspecified atom stereocenters. The van der Waals surface area contributed by atoms with Crippen LogP contribution in [0.25, 0.3) is 0 Å². The van der Waals surface area contributed by atoms with Gasteiger partial charge in [0.05, 0.1) is 18.1 Å². The van der Waals surface area contributed by atoms with Crippen molar-refractivity contribution in [2.24, 2.45) is 5.73 Å². The van der Waals surface area contributed by atoms with Gasteiger partial charge in [0.2, 0.25) is 5.88 Å². The highest BCUT2D eigenvalue weighted by Gasteiger charge is 2.34. The Labute approximate surface area is 172 Å². The van der Waals surface area contributed by atoms with Gasteiger partial charge in [0.25, 0.3) is 5.56 Å². The summed E-state index contributed by atoms with van der Waals surface area (Å²) in [5, 5.41) is 9.71. The van der Waals surface area contributed by atoms with Gasteiger partial charge in [-0.1, -0.05) is 41.4 Å². The number of aromatic nitrogens is 1. The zero-order chi connectivity index (χ0) is 20.3. The highest BCUT2D eigenvalue weighted by molar-refractivity contribution is 9.10. The number of hydrogen-bond acceptors (Lipinski definition) is 5. The maximum Gasteiger partial charge on any atom is 0.258 e. The molecule has 1 aromatic carbocycles. The Morgan fingerprint density at radius 3 is 2.68 bits per heavy atom. The molecule has 28 heavy (non-hydrogen) atoms. The Hall–Kier alpha value is -2.56. The van der Waals surface area contributed by atoms with E-state index in [-0.39, 0.29) is 17.0 Å². The fourth-order valence-corrected chi connectivity index (χ4v) is 3.76. The maximum absolute atomic E-state index is 13.5. The van der Waals surface area contributed by atoms with Gasteiger partial charge in [-0.3, -0.25) is 4.79 Å². The maximum atomic E-state index is 13.5. The van der Waals surface area contributed by atoms with Crippen molar-refractivity contribution in [1.82, 2.24) is 4.57 Å². The van der Waals surface area contributed by atoms with Crippen LogP contribution in [0.15, 0.2) is 51.1 Å². The minimum atomic E-state index is -0.571. The lowest BCUT2D eigenvalue weighted by molar-refractivity contribution is 0.185. The third-order valence-corrected chi connectivity index (χ3v) is 5.33. The number of halogens is 1. The monoisotopic (exact) mass is 443 g/mol. The molecule has 0 amide bonds. The molecule has 0 saturated heterocycles. The summed E-state index contributed by atoms with van der Waals surface area (Å²) in [5.74, 6) is -0.107. The zero-order valence-electron chi connectivity index (χ0n) is 15.9. The molecular weight excluding hydrogens is 422 g/mol. The summed E-state index contributed by atoms with van der Waals surface area (Å²) in [5.41, 5.74) is 8.23. The van der Waals surface area contributed by atoms with Crippen molar-refractivity contribution in [2.45, 2.75) is 32.2 Å². The molecule has 2 N–H and O–H groups in total. The number of hydrogen-bond donors (Lipinski definition) is 1. The molecule has 7 heteroatoms. The van der Waals surface area contributed by atoms with Crippen LogP contribution in [-0.4, -0.2) is 18.3 Å². The van der Waals surface area contributed by atoms with Crippen molar-refractivity contribution in [1.29, 1.82) is 5.26 Å². The number of nitrogens with zero attached hydrogens (tertiary/aromatic N) is 2. The van der Waals surface area contributed by atoms with Crippen LogP contribution < -0.4 is 16.0 Å². The van der Waals surface area contributed by atoms with E-state index in [9.17, 15) is 10.1 Å². The van der Waals surface area contributed by atoms with Crippen LogP contribution in [0.2, 0.25) is 0 Å². The van der Waals surface area contributed by atoms with E-state index in [0.29, 0.717) is 24.5 Å². The van der Waals surface area contributed by atoms with Crippen molar-refractivity contribution in [3.05, 3.63) is 73.4 Å². The molecule has 0 fully saturated rings. The van der Waals surface area contributed by atoms with Crippen LogP contribution in [0, 0.1) is 11.3 Å². The van der Waals surface area contributed by atoms with E-state index in [1.54, 1.807) is 11.7 Å². The summed E-state index contributed by atoms with van der Waals surface area (Å²) in [6.07, 6.45) is 1.61. The first kappa shape index (κ1) is 20.2. The Kier molecular flexibility index (Phi) is 6.22. The molecule has 6 nitrogen and oxygen atoms in total. The fourth-order valence-electron chi connectivity index (χ4n) is 3.50. The predicted molar refractivity (Wildman–Crippen MR) is 110 cm³/mol. The Morgan fingerprint density at radius 1 is 1.36 bits per heavy atom. The lowest BCUT2D eigenvalue weighted by atomic mass is 9.84. The van der Waals surface area contributed by atoms with Crippen molar-refractivity contribution in [3.63, 3.8) is 0 Å². The molecule has 0 spiro atoms. The van der Waals surface area contributed by atoms with E-state index < -0.39 is 5.92 Å². The van der Waals surface area contributed by atoms with Gasteiger partial charge < -0.3 is 19.8 Å². The summed E-state index contributed by atoms with van der Waals surface area (Å²) in [4.78, 5) is 13.5. The molecule has 146 valence electrons. The second-order valence-corrected chi connectivity index (χ2v) is 7.51. The van der Waals surface area contributed by atoms with Crippen LogP contribution in [0.3, 0.4) is 0 Å². The lowest BCUT2D eigenvalue weighted by Crippen LogP contribution is -2.34. The van der Waals surface area contributed by atoms with E-state index in [0.717, 1.165) is 28.6 Å². The van der Waals surface area contributed by atoms with Gasteiger partial charge in [0, 0.05) is 29.9 Å². The molecule has 2 aromatic rings. The number of fused-ring (bicyclic) bond motifs is 1. The normalized spacial score (nSPS) is 15.7. The minimum absolute atomic E-state index is 0.0411. The Balaban J connectivity index is 2.26. The summed E-state index contributed by atoms with van der Waals surface area (Å²) in [6.45, 7) is 2.91. The number of methoxy groups -OCH3 is 1. The Morgan fingerprint density at radius 2 is 2.07 bits per heavy atom. The molecule has 0 radical (unpaired) electrons. The molecule has 1 aromatic heterocycles. The number of allylic oxidation sites excluding steroid dienone is 1. The van der Waals surface area contributed by atoms with Crippen molar-refractivity contribution in [2.75, 3.05) is 13.7 Å². The van der Waals surface area contributed by atoms with Gasteiger partial charge in [0.1, 0.15) is 17.4 Å². The number of rotatable bonds is 6. The van der Waals surface area contributed by atoms with Gasteiger partial charge in [-0.2, -0.15) is 5.26 Å². The third kappa shape index (κ3) is 3.71. The zero-order valence-corrected chi connectivity index (χ0v) is 17.5. The highest BCUT2D eigenvalue weighted by atomic mass is 79.9. The molecule has 0 aliphatic carbocycles. The van der Waals surface area contributed by atoms with Crippen LogP contribution in [0.5, 0.6) is 5.75 Å². The van der Waals surface area contributed by atoms with Crippen molar-refractivity contribution >= 4 is 15.9 Å². The van der Waals surface area contributed by atoms with Gasteiger partial charge in [0.15, 0.2) is 0 Å². The van der Waals surface area contributed by atoms with Crippen molar-refractivity contribution in [3.8, 4) is 11.8 Å². The van der Waals surface area contributed by atoms with E-state index in [4.69, 9.17) is 15.2 Å². The molecule has 1 aliphatic heterocycles. The predicted octanol–water partition coefficient (Wildman–Crippen LogP) is 3.43. The van der Waals surface area contributed by atoms with E-state index >= 15 is 0 Å². The first-order valence-corrected chi connectivity index (χ1v) is 9.89. The molecule has 1 atom stereocenters. The average molecular weight is 444 g/mol. The summed E-state index contributed by atoms with van der Waals surface area (Å²) >= 11 is 3.42. The largest absolute Gasteiger partial charge is 0.440 e. The second-order valence-electron chi connectivity index (χ2n) is 6.59. The fraction of sp³-hybridized carbons (Fsp3) is 0.333. The first-order chi connectivity index (χ1) is 13.5.